The monoisotopic (exact) mass is 1860 g/mol. The molecule has 0 aliphatic rings. The van der Waals surface area contributed by atoms with E-state index < -0.39 is 103 Å². The van der Waals surface area contributed by atoms with Crippen LogP contribution in [0.15, 0.2) is 72.9 Å². The van der Waals surface area contributed by atoms with E-state index >= 15 is 0 Å². The summed E-state index contributed by atoms with van der Waals surface area (Å²) in [6.45, 7) is 22.0. The highest BCUT2D eigenvalue weighted by atomic mass is 32.2. The molecular formula is C90H150N4O24S6. The fourth-order valence-electron chi connectivity index (χ4n) is 10.8. The molecule has 0 rings (SSSR count). The molecule has 0 saturated heterocycles. The maximum absolute atomic E-state index is 13.5. The van der Waals surface area contributed by atoms with Gasteiger partial charge in [0.1, 0.15) is 79.3 Å². The first-order chi connectivity index (χ1) is 59.8. The minimum atomic E-state index is -0.597. The summed E-state index contributed by atoms with van der Waals surface area (Å²) in [5, 5.41) is -2.57. The summed E-state index contributed by atoms with van der Waals surface area (Å²) in [6, 6.07) is 0. The van der Waals surface area contributed by atoms with Crippen molar-refractivity contribution in [2.45, 2.75) is 230 Å². The second-order valence-corrected chi connectivity index (χ2v) is 37.2. The average Bonchev–Trinajstić information content (AvgIpc) is 0.911. The Bertz CT molecular complexity index is 2590. The standard InChI is InChI=1S/C90H150N4O24S6/c1-13-19-25-31-67-119-73(7)85(101)113-61-55-107-79(95)37-43-91(44-38-80(96)108-56-62-114-86(102)74(8)120-68-32-26-20-14-2)49-52-94(53-50-92(45-39-81(97)109-57-63-115-87(103)75(9)121-69-33-27-21-15-3)46-40-82(98)110-58-64-116-88(104)76(10)122-70-34-28-22-16-4)54-51-93(47-41-83(99)111-59-65-117-89(105)77(11)123-71-35-29-23-17-5)48-42-84(100)112-60-66-118-90(106)78(12)124-72-36-30-24-18-6/h13-24,73-78H,25-72H2,1-12H3/b19-13+,20-14+,21-15+,22-16+,23-17+,24-18+. The Morgan fingerprint density at radius 3 is 0.476 bits per heavy atom. The zero-order valence-electron chi connectivity index (χ0n) is 76.4. The average molecular weight is 1860 g/mol. The van der Waals surface area contributed by atoms with Gasteiger partial charge in [0.25, 0.3) is 0 Å². The van der Waals surface area contributed by atoms with E-state index in [1.54, 1.807) is 41.5 Å². The fourth-order valence-corrected chi connectivity index (χ4v) is 16.1. The van der Waals surface area contributed by atoms with Crippen molar-refractivity contribution in [2.75, 3.05) is 192 Å². The molecule has 6 atom stereocenters. The van der Waals surface area contributed by atoms with E-state index in [-0.39, 0.29) is 196 Å². The molecule has 0 aromatic rings. The number of unbranched alkanes of at least 4 members (excludes halogenated alkanes) is 6. The first-order valence-electron chi connectivity index (χ1n) is 44.0. The molecule has 0 spiro atoms. The largest absolute Gasteiger partial charge is 0.462 e. The highest BCUT2D eigenvalue weighted by Gasteiger charge is 2.25. The Kier molecular flexibility index (Phi) is 78.7. The third-order valence-corrected chi connectivity index (χ3v) is 25.5. The summed E-state index contributed by atoms with van der Waals surface area (Å²) < 4.78 is 66.0. The summed E-state index contributed by atoms with van der Waals surface area (Å²) >= 11 is 8.86. The smallest absolute Gasteiger partial charge is 0.318 e. The molecule has 0 N–H and O–H groups in total. The number of esters is 12. The second-order valence-electron chi connectivity index (χ2n) is 28.5. The lowest BCUT2D eigenvalue weighted by Gasteiger charge is -2.32. The number of rotatable bonds is 81. The van der Waals surface area contributed by atoms with Crippen molar-refractivity contribution in [1.82, 2.24) is 19.6 Å². The van der Waals surface area contributed by atoms with Crippen molar-refractivity contribution in [3.8, 4) is 0 Å². The molecule has 6 unspecified atom stereocenters. The number of allylic oxidation sites excluding steroid dienone is 12. The van der Waals surface area contributed by atoms with Gasteiger partial charge in [0, 0.05) is 78.5 Å². The van der Waals surface area contributed by atoms with Crippen LogP contribution in [-0.2, 0) is 114 Å². The Morgan fingerprint density at radius 1 is 0.210 bits per heavy atom. The van der Waals surface area contributed by atoms with Gasteiger partial charge in [0.05, 0.1) is 70.0 Å². The molecule has 0 saturated carbocycles. The summed E-state index contributed by atoms with van der Waals surface area (Å²) in [7, 11) is 0. The van der Waals surface area contributed by atoms with Crippen LogP contribution < -0.4 is 0 Å². The molecule has 0 aromatic heterocycles. The fraction of sp³-hybridized carbons (Fsp3) is 0.733. The Morgan fingerprint density at radius 2 is 0.339 bits per heavy atom. The van der Waals surface area contributed by atoms with E-state index in [1.165, 1.54) is 70.6 Å². The SMILES string of the molecule is C/C=C/CCCSC(C)C(=O)OCCOC(=O)CCN(CCC(=O)OCCOC(=O)C(C)SCCC/C=C/C)CCN(CCN(CCC(=O)OCCOC(=O)C(C)SCCC/C=C/C)CCC(=O)OCCOC(=O)C(C)SCCC/C=C/C)CCN(CCC(=O)OCCOC(=O)C(C)SCCC/C=C/C)CCC(=O)OCCOC(=O)C(C)SCCC/C=C/C. The maximum atomic E-state index is 13.5. The molecule has 0 heterocycles. The second kappa shape index (κ2) is 82.7. The number of carbonyl (C=O) groups is 12. The van der Waals surface area contributed by atoms with Crippen molar-refractivity contribution in [3.05, 3.63) is 72.9 Å². The summed E-state index contributed by atoms with van der Waals surface area (Å²) in [6.07, 6.45) is 34.2. The van der Waals surface area contributed by atoms with E-state index in [2.05, 4.69) is 41.4 Å². The zero-order chi connectivity index (χ0) is 91.9. The van der Waals surface area contributed by atoms with Gasteiger partial charge in [-0.15, -0.1) is 70.6 Å². The predicted octanol–water partition coefficient (Wildman–Crippen LogP) is 13.9. The predicted molar refractivity (Wildman–Crippen MR) is 501 cm³/mol. The van der Waals surface area contributed by atoms with Crippen molar-refractivity contribution < 1.29 is 114 Å². The van der Waals surface area contributed by atoms with Gasteiger partial charge in [-0.3, -0.25) is 62.4 Å². The van der Waals surface area contributed by atoms with E-state index in [1.807, 2.05) is 92.7 Å². The van der Waals surface area contributed by atoms with Crippen LogP contribution in [0.1, 0.15) is 199 Å². The first-order valence-corrected chi connectivity index (χ1v) is 50.3. The number of thioether (sulfide) groups is 6. The third kappa shape index (κ3) is 71.0. The van der Waals surface area contributed by atoms with Crippen LogP contribution in [0.3, 0.4) is 0 Å². The maximum Gasteiger partial charge on any atom is 0.318 e. The van der Waals surface area contributed by atoms with Gasteiger partial charge in [-0.05, 0) is 195 Å². The van der Waals surface area contributed by atoms with Gasteiger partial charge >= 0.3 is 71.6 Å². The zero-order valence-corrected chi connectivity index (χ0v) is 81.3. The van der Waals surface area contributed by atoms with Crippen molar-refractivity contribution in [3.63, 3.8) is 0 Å². The molecule has 0 aliphatic carbocycles. The first kappa shape index (κ1) is 118. The summed E-state index contributed by atoms with van der Waals surface area (Å²) in [5.74, 6) is -1.59. The Labute approximate surface area is 766 Å². The van der Waals surface area contributed by atoms with Crippen LogP contribution in [0.25, 0.3) is 0 Å². The third-order valence-electron chi connectivity index (χ3n) is 18.2. The number of ether oxygens (including phenoxy) is 12. The van der Waals surface area contributed by atoms with Crippen LogP contribution >= 0.6 is 70.6 Å². The number of hydrogen-bond donors (Lipinski definition) is 0. The van der Waals surface area contributed by atoms with Crippen LogP contribution in [0.5, 0.6) is 0 Å². The molecular weight excluding hydrogens is 1710 g/mol. The minimum absolute atomic E-state index is 0.0838. The van der Waals surface area contributed by atoms with Crippen molar-refractivity contribution >= 4 is 142 Å². The molecule has 0 fully saturated rings. The Hall–Kier alpha value is -5.98. The van der Waals surface area contributed by atoms with Gasteiger partial charge < -0.3 is 71.5 Å². The molecule has 0 aromatic carbocycles. The summed E-state index contributed by atoms with van der Waals surface area (Å²) in [4.78, 5) is 166. The van der Waals surface area contributed by atoms with E-state index in [0.29, 0.717) is 0 Å². The quantitative estimate of drug-likeness (QED) is 0.0236. The van der Waals surface area contributed by atoms with Gasteiger partial charge in [-0.25, -0.2) is 0 Å². The highest BCUT2D eigenvalue weighted by molar-refractivity contribution is 8.01. The van der Waals surface area contributed by atoms with Gasteiger partial charge in [-0.1, -0.05) is 72.9 Å². The van der Waals surface area contributed by atoms with E-state index in [4.69, 9.17) is 56.8 Å². The van der Waals surface area contributed by atoms with Crippen LogP contribution in [0.2, 0.25) is 0 Å². The molecule has 0 amide bonds. The van der Waals surface area contributed by atoms with Gasteiger partial charge in [-0.2, -0.15) is 0 Å². The van der Waals surface area contributed by atoms with Crippen LogP contribution in [0.4, 0.5) is 0 Å². The molecule has 34 heteroatoms. The van der Waals surface area contributed by atoms with Crippen molar-refractivity contribution in [1.29, 1.82) is 0 Å². The minimum Gasteiger partial charge on any atom is -0.462 e. The number of nitrogens with zero attached hydrogens (tertiary/aromatic N) is 4. The lowest BCUT2D eigenvalue weighted by atomic mass is 10.2. The van der Waals surface area contributed by atoms with Gasteiger partial charge in [0.2, 0.25) is 0 Å². The van der Waals surface area contributed by atoms with E-state index in [9.17, 15) is 57.5 Å². The normalized spacial score (nSPS) is 13.3. The lowest BCUT2D eigenvalue weighted by Crippen LogP contribution is -2.45. The lowest BCUT2D eigenvalue weighted by molar-refractivity contribution is -0.152. The molecule has 0 aliphatic heterocycles. The topological polar surface area (TPSA) is 329 Å². The molecule has 124 heavy (non-hydrogen) atoms. The molecule has 0 bridgehead atoms. The van der Waals surface area contributed by atoms with Crippen LogP contribution in [-0.4, -0.2) is 315 Å². The van der Waals surface area contributed by atoms with E-state index in [0.717, 1.165) is 112 Å². The number of hydrogen-bond acceptors (Lipinski definition) is 34. The Balaban J connectivity index is 7.49. The molecule has 710 valence electrons. The van der Waals surface area contributed by atoms with Crippen molar-refractivity contribution in [2.24, 2.45) is 0 Å². The molecule has 0 radical (unpaired) electrons. The van der Waals surface area contributed by atoms with Gasteiger partial charge in [0.15, 0.2) is 0 Å². The number of carbonyl (C=O) groups excluding carboxylic acids is 12. The highest BCUT2D eigenvalue weighted by Crippen LogP contribution is 2.21. The van der Waals surface area contributed by atoms with Crippen LogP contribution in [0, 0.1) is 0 Å². The summed E-state index contributed by atoms with van der Waals surface area (Å²) in [5.41, 5.74) is 0. The molecule has 28 nitrogen and oxygen atoms in total.